The van der Waals surface area contributed by atoms with E-state index in [1.165, 1.54) is 39.9 Å². The standard InChI is InChI=1S/C20H22N2O6S2/c1-25-14-9-13(10-15(26-2)19(14)27-3)22-30(23,24)18-8-7-17(29-18)16-11-21-20(28-16)12-5-4-6-12/h7-12,22H,4-6H2,1-3H3. The van der Waals surface area contributed by atoms with Crippen LogP contribution in [-0.2, 0) is 10.0 Å². The highest BCUT2D eigenvalue weighted by Gasteiger charge is 2.26. The third-order valence-corrected chi connectivity index (χ3v) is 7.96. The van der Waals surface area contributed by atoms with Crippen LogP contribution >= 0.6 is 11.3 Å². The Hall–Kier alpha value is -2.72. The second kappa shape index (κ2) is 8.19. The number of oxazole rings is 1. The quantitative estimate of drug-likeness (QED) is 0.539. The van der Waals surface area contributed by atoms with Crippen molar-refractivity contribution in [1.29, 1.82) is 0 Å². The molecule has 0 bridgehead atoms. The SMILES string of the molecule is COc1cc(NS(=O)(=O)c2ccc(-c3cnc(C4CCC4)o3)s2)cc(OC)c1OC. The van der Waals surface area contributed by atoms with Gasteiger partial charge in [-0.1, -0.05) is 6.42 Å². The van der Waals surface area contributed by atoms with Crippen molar-refractivity contribution >= 4 is 27.0 Å². The van der Waals surface area contributed by atoms with Crippen LogP contribution in [0.15, 0.2) is 39.1 Å². The molecule has 1 aromatic carbocycles. The van der Waals surface area contributed by atoms with Gasteiger partial charge in [-0.15, -0.1) is 11.3 Å². The number of ether oxygens (including phenoxy) is 3. The summed E-state index contributed by atoms with van der Waals surface area (Å²) in [6.45, 7) is 0. The first-order chi connectivity index (χ1) is 14.4. The fourth-order valence-electron chi connectivity index (χ4n) is 3.19. The second-order valence-corrected chi connectivity index (χ2v) is 9.82. The van der Waals surface area contributed by atoms with Gasteiger partial charge in [0.15, 0.2) is 23.1 Å². The molecule has 0 amide bonds. The van der Waals surface area contributed by atoms with Crippen molar-refractivity contribution in [3.05, 3.63) is 36.4 Å². The lowest BCUT2D eigenvalue weighted by Crippen LogP contribution is -2.11. The Morgan fingerprint density at radius 1 is 1.10 bits per heavy atom. The third kappa shape index (κ3) is 3.84. The van der Waals surface area contributed by atoms with Crippen LogP contribution < -0.4 is 18.9 Å². The number of anilines is 1. The number of nitrogens with one attached hydrogen (secondary N) is 1. The number of sulfonamides is 1. The van der Waals surface area contributed by atoms with Crippen LogP contribution in [0.2, 0.25) is 0 Å². The highest BCUT2D eigenvalue weighted by atomic mass is 32.2. The zero-order chi connectivity index (χ0) is 21.3. The Bertz CT molecular complexity index is 1120. The summed E-state index contributed by atoms with van der Waals surface area (Å²) in [6.07, 6.45) is 5.02. The van der Waals surface area contributed by atoms with E-state index in [0.717, 1.165) is 30.1 Å². The average Bonchev–Trinajstić information content (AvgIpc) is 3.35. The highest BCUT2D eigenvalue weighted by Crippen LogP contribution is 2.41. The lowest BCUT2D eigenvalue weighted by atomic mass is 9.85. The van der Waals surface area contributed by atoms with E-state index >= 15 is 0 Å². The molecule has 4 rings (SSSR count). The van der Waals surface area contributed by atoms with E-state index in [0.29, 0.717) is 39.5 Å². The molecule has 2 aromatic heterocycles. The minimum absolute atomic E-state index is 0.160. The molecule has 1 saturated carbocycles. The molecule has 0 aliphatic heterocycles. The molecule has 0 spiro atoms. The van der Waals surface area contributed by atoms with Gasteiger partial charge in [0.1, 0.15) is 4.21 Å². The van der Waals surface area contributed by atoms with Crippen molar-refractivity contribution in [2.45, 2.75) is 29.4 Å². The normalized spacial score (nSPS) is 14.2. The monoisotopic (exact) mass is 450 g/mol. The van der Waals surface area contributed by atoms with E-state index in [-0.39, 0.29) is 4.21 Å². The largest absolute Gasteiger partial charge is 0.493 e. The van der Waals surface area contributed by atoms with Gasteiger partial charge in [-0.3, -0.25) is 4.72 Å². The molecule has 8 nitrogen and oxygen atoms in total. The molecule has 160 valence electrons. The number of methoxy groups -OCH3 is 3. The fraction of sp³-hybridized carbons (Fsp3) is 0.350. The first kappa shape index (κ1) is 20.5. The van der Waals surface area contributed by atoms with Gasteiger partial charge in [0.2, 0.25) is 5.75 Å². The van der Waals surface area contributed by atoms with Gasteiger partial charge in [-0.25, -0.2) is 13.4 Å². The maximum atomic E-state index is 12.9. The van der Waals surface area contributed by atoms with E-state index < -0.39 is 10.0 Å². The van der Waals surface area contributed by atoms with Crippen LogP contribution in [0.1, 0.15) is 31.1 Å². The molecule has 0 radical (unpaired) electrons. The third-order valence-electron chi connectivity index (χ3n) is 4.98. The van der Waals surface area contributed by atoms with Crippen LogP contribution in [-0.4, -0.2) is 34.7 Å². The molecule has 0 saturated heterocycles. The van der Waals surface area contributed by atoms with Gasteiger partial charge in [-0.2, -0.15) is 0 Å². The predicted molar refractivity (Wildman–Crippen MR) is 113 cm³/mol. The number of hydrogen-bond donors (Lipinski definition) is 1. The Labute approximate surface area is 178 Å². The van der Waals surface area contributed by atoms with Gasteiger partial charge >= 0.3 is 0 Å². The van der Waals surface area contributed by atoms with E-state index in [2.05, 4.69) is 9.71 Å². The zero-order valence-corrected chi connectivity index (χ0v) is 18.4. The Kier molecular flexibility index (Phi) is 5.61. The summed E-state index contributed by atoms with van der Waals surface area (Å²) in [6, 6.07) is 6.34. The molecule has 0 unspecified atom stereocenters. The number of thiophene rings is 1. The molecule has 1 N–H and O–H groups in total. The zero-order valence-electron chi connectivity index (χ0n) is 16.8. The van der Waals surface area contributed by atoms with Crippen LogP contribution in [0.5, 0.6) is 17.2 Å². The van der Waals surface area contributed by atoms with Gasteiger partial charge < -0.3 is 18.6 Å². The van der Waals surface area contributed by atoms with Gasteiger partial charge in [0, 0.05) is 18.1 Å². The Morgan fingerprint density at radius 3 is 2.37 bits per heavy atom. The second-order valence-electron chi connectivity index (χ2n) is 6.83. The summed E-state index contributed by atoms with van der Waals surface area (Å²) in [5.41, 5.74) is 0.298. The Balaban J connectivity index is 1.58. The van der Waals surface area contributed by atoms with Crippen molar-refractivity contribution in [3.8, 4) is 27.9 Å². The van der Waals surface area contributed by atoms with Crippen LogP contribution in [0.4, 0.5) is 5.69 Å². The number of benzene rings is 1. The fourth-order valence-corrected chi connectivity index (χ4v) is 5.48. The van der Waals surface area contributed by atoms with Crippen molar-refractivity contribution in [2.75, 3.05) is 26.1 Å². The molecule has 10 heteroatoms. The van der Waals surface area contributed by atoms with Gasteiger partial charge in [0.25, 0.3) is 10.0 Å². The van der Waals surface area contributed by atoms with E-state index in [4.69, 9.17) is 18.6 Å². The van der Waals surface area contributed by atoms with Crippen LogP contribution in [0.3, 0.4) is 0 Å². The number of aromatic nitrogens is 1. The summed E-state index contributed by atoms with van der Waals surface area (Å²) in [4.78, 5) is 5.05. The maximum Gasteiger partial charge on any atom is 0.271 e. The van der Waals surface area contributed by atoms with Crippen molar-refractivity contribution in [1.82, 2.24) is 4.98 Å². The van der Waals surface area contributed by atoms with Crippen molar-refractivity contribution < 1.29 is 27.0 Å². The molecule has 1 aliphatic carbocycles. The van der Waals surface area contributed by atoms with Crippen LogP contribution in [0.25, 0.3) is 10.6 Å². The summed E-state index contributed by atoms with van der Waals surface area (Å²) in [7, 11) is 0.602. The molecule has 3 aromatic rings. The molecular weight excluding hydrogens is 428 g/mol. The summed E-state index contributed by atoms with van der Waals surface area (Å²) in [5, 5.41) is 0. The topological polar surface area (TPSA) is 99.9 Å². The average molecular weight is 451 g/mol. The molecule has 1 aliphatic rings. The summed E-state index contributed by atoms with van der Waals surface area (Å²) >= 11 is 1.12. The summed E-state index contributed by atoms with van der Waals surface area (Å²) in [5.74, 6) is 2.77. The number of nitrogens with zero attached hydrogens (tertiary/aromatic N) is 1. The van der Waals surface area contributed by atoms with Gasteiger partial charge in [-0.05, 0) is 25.0 Å². The Morgan fingerprint density at radius 2 is 1.80 bits per heavy atom. The van der Waals surface area contributed by atoms with E-state index in [1.807, 2.05) is 0 Å². The van der Waals surface area contributed by atoms with Gasteiger partial charge in [0.05, 0.1) is 38.1 Å². The first-order valence-corrected chi connectivity index (χ1v) is 11.6. The number of hydrogen-bond acceptors (Lipinski definition) is 8. The highest BCUT2D eigenvalue weighted by molar-refractivity contribution is 7.94. The van der Waals surface area contributed by atoms with Crippen molar-refractivity contribution in [3.63, 3.8) is 0 Å². The van der Waals surface area contributed by atoms with Crippen LogP contribution in [0, 0.1) is 0 Å². The van der Waals surface area contributed by atoms with E-state index in [1.54, 1.807) is 18.3 Å². The molecule has 1 fully saturated rings. The van der Waals surface area contributed by atoms with Crippen molar-refractivity contribution in [2.24, 2.45) is 0 Å². The molecular formula is C20H22N2O6S2. The summed E-state index contributed by atoms with van der Waals surface area (Å²) < 4.78 is 50.2. The smallest absolute Gasteiger partial charge is 0.271 e. The first-order valence-electron chi connectivity index (χ1n) is 9.34. The minimum Gasteiger partial charge on any atom is -0.493 e. The minimum atomic E-state index is -3.82. The molecule has 30 heavy (non-hydrogen) atoms. The molecule has 0 atom stereocenters. The lowest BCUT2D eigenvalue weighted by molar-refractivity contribution is 0.325. The maximum absolute atomic E-state index is 12.9. The predicted octanol–water partition coefficient (Wildman–Crippen LogP) is 4.50. The lowest BCUT2D eigenvalue weighted by Gasteiger charge is -2.21. The van der Waals surface area contributed by atoms with E-state index in [9.17, 15) is 8.42 Å². The number of rotatable bonds is 8. The molecule has 2 heterocycles.